The predicted octanol–water partition coefficient (Wildman–Crippen LogP) is 8.21. The van der Waals surface area contributed by atoms with Crippen LogP contribution in [0.5, 0.6) is 34.8 Å². The zero-order chi connectivity index (χ0) is 69.5. The smallest absolute Gasteiger partial charge is 0.246 e. The van der Waals surface area contributed by atoms with Gasteiger partial charge < -0.3 is 38.6 Å². The normalized spacial score (nSPS) is 12.9. The summed E-state index contributed by atoms with van der Waals surface area (Å²) in [6, 6.07) is 26.5. The molecule has 94 heavy (non-hydrogen) atoms. The number of para-hydroxylation sites is 2. The summed E-state index contributed by atoms with van der Waals surface area (Å²) < 4.78 is 174. The summed E-state index contributed by atoms with van der Waals surface area (Å²) in [6.07, 6.45) is -1.97. The molecule has 0 saturated heterocycles. The third-order valence-electron chi connectivity index (χ3n) is 14.3. The highest BCUT2D eigenvalue weighted by atomic mass is 32.2. The summed E-state index contributed by atoms with van der Waals surface area (Å²) in [6.45, 7) is 12.3. The number of sulfonamides is 2. The highest BCUT2D eigenvalue weighted by Gasteiger charge is 2.38. The van der Waals surface area contributed by atoms with Crippen LogP contribution in [0.25, 0.3) is 34.4 Å². The Morgan fingerprint density at radius 1 is 0.468 bits per heavy atom. The second kappa shape index (κ2) is 29.7. The minimum Gasteiger partial charge on any atom is -0.494 e. The molecule has 0 bridgehead atoms. The molecule has 8 rings (SSSR count). The van der Waals surface area contributed by atoms with Crippen molar-refractivity contribution in [3.05, 3.63) is 132 Å². The number of ether oxygens (including phenoxy) is 6. The van der Waals surface area contributed by atoms with Crippen LogP contribution in [0.3, 0.4) is 0 Å². The Balaban J connectivity index is 0.000000266. The molecule has 0 spiro atoms. The molecule has 0 aliphatic rings. The zero-order valence-corrected chi connectivity index (χ0v) is 59.5. The van der Waals surface area contributed by atoms with E-state index < -0.39 is 101 Å². The topological polar surface area (TPSA) is 326 Å². The summed E-state index contributed by atoms with van der Waals surface area (Å²) in [5, 5.41) is 39.9. The summed E-state index contributed by atoms with van der Waals surface area (Å²) in [4.78, 5) is 7.96. The molecule has 2 atom stereocenters. The molecule has 4 aromatic carbocycles. The van der Waals surface area contributed by atoms with Crippen molar-refractivity contribution in [3.8, 4) is 69.2 Å². The van der Waals surface area contributed by atoms with E-state index in [-0.39, 0.29) is 70.9 Å². The number of benzene rings is 4. The second-order valence-corrected chi connectivity index (χ2v) is 42.8. The van der Waals surface area contributed by atoms with Crippen LogP contribution in [0.1, 0.15) is 23.3 Å². The van der Waals surface area contributed by atoms with Crippen LogP contribution >= 0.6 is 0 Å². The van der Waals surface area contributed by atoms with Gasteiger partial charge in [0.15, 0.2) is 31.3 Å². The summed E-state index contributed by atoms with van der Waals surface area (Å²) in [7, 11) is -12.2. The van der Waals surface area contributed by atoms with Gasteiger partial charge in [-0.2, -0.15) is 0 Å². The highest BCUT2D eigenvalue weighted by molar-refractivity contribution is 7.93. The third kappa shape index (κ3) is 17.4. The predicted molar refractivity (Wildman–Crippen MR) is 356 cm³/mol. The number of hydrogen-bond donors (Lipinski definition) is 2. The second-order valence-electron chi connectivity index (χ2n) is 23.7. The lowest BCUT2D eigenvalue weighted by molar-refractivity contribution is 0.197. The van der Waals surface area contributed by atoms with Gasteiger partial charge in [-0.15, -0.1) is 20.4 Å². The molecule has 0 aliphatic carbocycles. The maximum absolute atomic E-state index is 14.4. The van der Waals surface area contributed by atoms with Gasteiger partial charge >= 0.3 is 0 Å². The Hall–Kier alpha value is -8.13. The molecule has 0 radical (unpaired) electrons. The number of methoxy groups -OCH3 is 6. The molecule has 0 saturated carbocycles. The SMILES string of the molecule is COc1cccc(-c2nnc(N(CC[Si](C)(C)C)S(=O)(=O)C[C@@H](O)c3ccc(F)cc3S(C)(=O)=O)n2-c2c(OC)cccc2OC)n1.COc1cccc(-c2nnc(N(CC[Si](C)(C)C)S(=O)(=O)C[C@H](O)c3ccc(F)cc3S(C)(=O)=O)n2-c2c(OC)cccc2OC)n1. The number of hydrogen-bond acceptors (Lipinski definition) is 22. The van der Waals surface area contributed by atoms with Gasteiger partial charge in [-0.3, -0.25) is 9.13 Å². The number of aromatic nitrogens is 8. The fourth-order valence-corrected chi connectivity index (χ4v) is 16.6. The van der Waals surface area contributed by atoms with Crippen LogP contribution in [0.15, 0.2) is 119 Å². The van der Waals surface area contributed by atoms with Crippen molar-refractivity contribution in [1.82, 2.24) is 39.5 Å². The first-order valence-electron chi connectivity index (χ1n) is 28.7. The average Bonchev–Trinajstić information content (AvgIpc) is 1.53. The number of pyridine rings is 2. The van der Waals surface area contributed by atoms with E-state index in [4.69, 9.17) is 28.4 Å². The van der Waals surface area contributed by atoms with Crippen molar-refractivity contribution in [1.29, 1.82) is 0 Å². The molecular weight excluding hydrogens is 1340 g/mol. The van der Waals surface area contributed by atoms with Crippen LogP contribution < -0.4 is 37.0 Å². The molecule has 4 aromatic heterocycles. The van der Waals surface area contributed by atoms with Gasteiger partial charge in [0.05, 0.1) is 76.2 Å². The summed E-state index contributed by atoms with van der Waals surface area (Å²) in [5.41, 5.74) is 0.645. The molecule has 8 aromatic rings. The number of halogens is 2. The summed E-state index contributed by atoms with van der Waals surface area (Å²) >= 11 is 0. The van der Waals surface area contributed by atoms with E-state index in [0.717, 1.165) is 57.5 Å². The maximum Gasteiger partial charge on any atom is 0.246 e. The summed E-state index contributed by atoms with van der Waals surface area (Å²) in [5.74, 6) is -1.86. The fraction of sp³-hybridized carbons (Fsp3) is 0.367. The lowest BCUT2D eigenvalue weighted by Crippen LogP contribution is -2.40. The van der Waals surface area contributed by atoms with Crippen LogP contribution in [0.2, 0.25) is 51.4 Å². The van der Waals surface area contributed by atoms with Crippen molar-refractivity contribution in [3.63, 3.8) is 0 Å². The number of anilines is 2. The number of sulfone groups is 2. The van der Waals surface area contributed by atoms with Crippen molar-refractivity contribution in [2.45, 2.75) is 73.4 Å². The van der Waals surface area contributed by atoms with Crippen LogP contribution in [-0.2, 0) is 39.7 Å². The van der Waals surface area contributed by atoms with E-state index in [9.17, 15) is 52.7 Å². The third-order valence-corrected chi connectivity index (χ3v) is 23.6. The molecule has 4 heterocycles. The van der Waals surface area contributed by atoms with E-state index in [1.165, 1.54) is 51.8 Å². The monoisotopic (exact) mass is 1410 g/mol. The van der Waals surface area contributed by atoms with E-state index >= 15 is 0 Å². The van der Waals surface area contributed by atoms with Gasteiger partial charge in [0.2, 0.25) is 43.7 Å². The van der Waals surface area contributed by atoms with E-state index in [1.807, 2.05) is 0 Å². The molecular formula is C60H76F2N10O16S4Si2. The van der Waals surface area contributed by atoms with E-state index in [0.29, 0.717) is 46.5 Å². The largest absolute Gasteiger partial charge is 0.494 e. The number of aliphatic hydroxyl groups excluding tert-OH is 2. The maximum atomic E-state index is 14.4. The average molecular weight is 1420 g/mol. The van der Waals surface area contributed by atoms with Gasteiger partial charge in [-0.05, 0) is 72.8 Å². The van der Waals surface area contributed by atoms with Gasteiger partial charge in [0.1, 0.15) is 57.4 Å². The minimum absolute atomic E-state index is 0.0474. The number of aliphatic hydroxyl groups is 2. The first-order valence-corrected chi connectivity index (χ1v) is 43.1. The quantitative estimate of drug-likeness (QED) is 0.0436. The number of nitrogens with zero attached hydrogens (tertiary/aromatic N) is 10. The Labute approximate surface area is 548 Å². The van der Waals surface area contributed by atoms with Crippen molar-refractivity contribution >= 4 is 67.8 Å². The molecule has 508 valence electrons. The van der Waals surface area contributed by atoms with Gasteiger partial charge in [-0.25, -0.2) is 61.0 Å². The first kappa shape index (κ1) is 73.3. The van der Waals surface area contributed by atoms with Crippen LogP contribution in [0.4, 0.5) is 20.7 Å². The Morgan fingerprint density at radius 2 is 0.787 bits per heavy atom. The molecule has 2 N–H and O–H groups in total. The van der Waals surface area contributed by atoms with E-state index in [2.05, 4.69) is 69.6 Å². The Morgan fingerprint density at radius 3 is 1.07 bits per heavy atom. The standard InChI is InChI=1S/2C30H38FN5O8S2Si/c2*1-42-24-11-9-12-25(43-2)28(24)36-29(22-10-8-13-27(32-22)44-3)33-34-30(36)35(16-17-47(5,6)7)46(40,41)19-23(37)21-15-14-20(31)18-26(21)45(4,38)39/h2*8-15,18,23,37H,16-17,19H2,1-7H3/t2*23-/m10/s1. The number of rotatable bonds is 28. The zero-order valence-electron chi connectivity index (χ0n) is 54.3. The van der Waals surface area contributed by atoms with Crippen molar-refractivity contribution < 1.29 is 81.1 Å². The van der Waals surface area contributed by atoms with Crippen LogP contribution in [-0.4, -0.2) is 179 Å². The van der Waals surface area contributed by atoms with Gasteiger partial charge in [0.25, 0.3) is 0 Å². The van der Waals surface area contributed by atoms with E-state index in [1.54, 1.807) is 72.8 Å². The van der Waals surface area contributed by atoms with Crippen LogP contribution in [0, 0.1) is 11.6 Å². The minimum atomic E-state index is -4.50. The molecule has 0 aliphatic heterocycles. The Bertz CT molecular complexity index is 4170. The molecule has 26 nitrogen and oxygen atoms in total. The lowest BCUT2D eigenvalue weighted by atomic mass is 10.1. The van der Waals surface area contributed by atoms with Gasteiger partial charge in [-0.1, -0.05) is 75.7 Å². The lowest BCUT2D eigenvalue weighted by Gasteiger charge is -2.28. The molecule has 0 unspecified atom stereocenters. The fourth-order valence-electron chi connectivity index (χ4n) is 9.60. The molecule has 0 fully saturated rings. The Kier molecular flexibility index (Phi) is 23.1. The first-order chi connectivity index (χ1) is 44.0. The van der Waals surface area contributed by atoms with Crippen molar-refractivity contribution in [2.24, 2.45) is 0 Å². The molecule has 0 amide bonds. The van der Waals surface area contributed by atoms with Crippen molar-refractivity contribution in [2.75, 3.05) is 88.4 Å². The highest BCUT2D eigenvalue weighted by Crippen LogP contribution is 2.42. The van der Waals surface area contributed by atoms with Gasteiger partial charge in [0, 0.05) is 65.0 Å². The molecule has 34 heteroatoms.